The number of sulfone groups is 1. The molecular weight excluding hydrogens is 414 g/mol. The molecule has 4 nitrogen and oxygen atoms in total. The number of phenols is 1. The summed E-state index contributed by atoms with van der Waals surface area (Å²) >= 11 is 1.50. The topological polar surface area (TPSA) is 82.0 Å². The number of quaternary nitrogens is 1. The van der Waals surface area contributed by atoms with E-state index < -0.39 is 9.84 Å². The Morgan fingerprint density at radius 1 is 1.14 bits per heavy atom. The Morgan fingerprint density at radius 3 is 2.39 bits per heavy atom. The molecule has 28 heavy (non-hydrogen) atoms. The zero-order valence-corrected chi connectivity index (χ0v) is 18.7. The first-order valence-corrected chi connectivity index (χ1v) is 12.1. The van der Waals surface area contributed by atoms with Crippen LogP contribution in [-0.4, -0.2) is 29.9 Å². The summed E-state index contributed by atoms with van der Waals surface area (Å²) < 4.78 is 25.4. The number of hydrogen-bond acceptors (Lipinski definition) is 4. The van der Waals surface area contributed by atoms with Crippen molar-refractivity contribution in [2.75, 3.05) is 5.08 Å². The average molecular weight is 442 g/mol. The van der Waals surface area contributed by atoms with Crippen LogP contribution in [0.2, 0.25) is 0 Å². The molecule has 0 saturated heterocycles. The first-order valence-electron chi connectivity index (χ1n) is 9.39. The summed E-state index contributed by atoms with van der Waals surface area (Å²) in [6.45, 7) is 4.31. The molecule has 4 N–H and O–H groups in total. The minimum atomic E-state index is -3.32. The Balaban J connectivity index is 0.00000280. The SMILES string of the molecule is CCC1(CC)c2cc(O)ccc2CC(SCS(=O)(=O)c2ccccc2)C1[NH3+].[Cl-]. The van der Waals surface area contributed by atoms with Crippen LogP contribution in [0.25, 0.3) is 0 Å². The third-order valence-electron chi connectivity index (χ3n) is 6.01. The predicted molar refractivity (Wildman–Crippen MR) is 111 cm³/mol. The van der Waals surface area contributed by atoms with E-state index in [1.807, 2.05) is 18.2 Å². The molecule has 2 atom stereocenters. The number of thioether (sulfide) groups is 1. The summed E-state index contributed by atoms with van der Waals surface area (Å²) in [5.41, 5.74) is 6.72. The Bertz CT molecular complexity index is 899. The number of rotatable bonds is 6. The zero-order valence-electron chi connectivity index (χ0n) is 16.3. The Labute approximate surface area is 178 Å². The zero-order chi connectivity index (χ0) is 19.7. The first-order chi connectivity index (χ1) is 12.8. The van der Waals surface area contributed by atoms with E-state index in [2.05, 4.69) is 19.6 Å². The minimum absolute atomic E-state index is 0. The molecule has 0 bridgehead atoms. The summed E-state index contributed by atoms with van der Waals surface area (Å²) in [6, 6.07) is 14.3. The summed E-state index contributed by atoms with van der Waals surface area (Å²) in [4.78, 5) is 0.372. The highest BCUT2D eigenvalue weighted by Gasteiger charge is 2.48. The van der Waals surface area contributed by atoms with Gasteiger partial charge in [-0.1, -0.05) is 38.1 Å². The third kappa shape index (κ3) is 4.20. The van der Waals surface area contributed by atoms with E-state index >= 15 is 0 Å². The van der Waals surface area contributed by atoms with E-state index in [-0.39, 0.29) is 39.9 Å². The number of phenolic OH excluding ortho intramolecular Hbond substituents is 1. The van der Waals surface area contributed by atoms with E-state index in [0.717, 1.165) is 19.3 Å². The Hall–Kier alpha value is -1.21. The molecule has 1 aliphatic carbocycles. The van der Waals surface area contributed by atoms with Gasteiger partial charge in [-0.3, -0.25) is 0 Å². The number of hydrogen-bond donors (Lipinski definition) is 2. The van der Waals surface area contributed by atoms with Crippen LogP contribution in [0.15, 0.2) is 53.4 Å². The van der Waals surface area contributed by atoms with Crippen LogP contribution in [0.1, 0.15) is 37.8 Å². The summed E-state index contributed by atoms with van der Waals surface area (Å²) in [6.07, 6.45) is 2.60. The van der Waals surface area contributed by atoms with Crippen molar-refractivity contribution in [2.45, 2.75) is 54.7 Å². The van der Waals surface area contributed by atoms with E-state index in [4.69, 9.17) is 0 Å². The summed E-state index contributed by atoms with van der Waals surface area (Å²) in [7, 11) is -3.32. The fraction of sp³-hybridized carbons (Fsp3) is 0.429. The van der Waals surface area contributed by atoms with Crippen LogP contribution in [-0.2, 0) is 21.7 Å². The summed E-state index contributed by atoms with van der Waals surface area (Å²) in [5.74, 6) is 0.282. The fourth-order valence-corrected chi connectivity index (χ4v) is 7.65. The third-order valence-corrected chi connectivity index (χ3v) is 9.71. The van der Waals surface area contributed by atoms with Crippen molar-refractivity contribution in [3.05, 3.63) is 59.7 Å². The van der Waals surface area contributed by atoms with E-state index in [0.29, 0.717) is 4.90 Å². The largest absolute Gasteiger partial charge is 1.00 e. The van der Waals surface area contributed by atoms with Crippen molar-refractivity contribution >= 4 is 21.6 Å². The van der Waals surface area contributed by atoms with Gasteiger partial charge in [-0.25, -0.2) is 8.42 Å². The lowest BCUT2D eigenvalue weighted by molar-refractivity contribution is -0.439. The second-order valence-electron chi connectivity index (χ2n) is 7.27. The quantitative estimate of drug-likeness (QED) is 0.668. The molecule has 0 amide bonds. The highest BCUT2D eigenvalue weighted by atomic mass is 35.5. The molecule has 0 aromatic heterocycles. The average Bonchev–Trinajstić information content (AvgIpc) is 2.68. The summed E-state index contributed by atoms with van der Waals surface area (Å²) in [5, 5.41) is 10.2. The van der Waals surface area contributed by atoms with Gasteiger partial charge in [-0.05, 0) is 54.7 Å². The monoisotopic (exact) mass is 441 g/mol. The van der Waals surface area contributed by atoms with Crippen molar-refractivity contribution in [1.82, 2.24) is 0 Å². The van der Waals surface area contributed by atoms with Gasteiger partial charge in [0.1, 0.15) is 16.9 Å². The number of fused-ring (bicyclic) bond motifs is 1. The Morgan fingerprint density at radius 2 is 1.79 bits per heavy atom. The van der Waals surface area contributed by atoms with Gasteiger partial charge in [0.25, 0.3) is 0 Å². The van der Waals surface area contributed by atoms with Crippen molar-refractivity contribution < 1.29 is 31.7 Å². The molecule has 0 saturated carbocycles. The normalized spacial score (nSPS) is 20.8. The van der Waals surface area contributed by atoms with Gasteiger partial charge in [0.05, 0.1) is 10.1 Å². The van der Waals surface area contributed by atoms with E-state index in [9.17, 15) is 13.5 Å². The fourth-order valence-electron chi connectivity index (χ4n) is 4.32. The van der Waals surface area contributed by atoms with Crippen LogP contribution in [0, 0.1) is 0 Å². The van der Waals surface area contributed by atoms with Crippen LogP contribution < -0.4 is 18.1 Å². The van der Waals surface area contributed by atoms with Crippen LogP contribution >= 0.6 is 11.8 Å². The molecule has 154 valence electrons. The minimum Gasteiger partial charge on any atom is -1.00 e. The number of halogens is 1. The Kier molecular flexibility index (Phi) is 7.48. The molecule has 0 aliphatic heterocycles. The molecule has 0 radical (unpaired) electrons. The maximum Gasteiger partial charge on any atom is 0.187 e. The maximum absolute atomic E-state index is 12.7. The van der Waals surface area contributed by atoms with Crippen molar-refractivity contribution in [1.29, 1.82) is 0 Å². The highest BCUT2D eigenvalue weighted by Crippen LogP contribution is 2.45. The van der Waals surface area contributed by atoms with Crippen molar-refractivity contribution in [3.63, 3.8) is 0 Å². The second-order valence-corrected chi connectivity index (χ2v) is 10.8. The molecule has 2 aromatic rings. The molecule has 2 aromatic carbocycles. The van der Waals surface area contributed by atoms with Crippen LogP contribution in [0.4, 0.5) is 0 Å². The van der Waals surface area contributed by atoms with Crippen molar-refractivity contribution in [3.8, 4) is 5.75 Å². The molecule has 3 rings (SSSR count). The molecular formula is C21H28ClNO3S2. The van der Waals surface area contributed by atoms with Gasteiger partial charge >= 0.3 is 0 Å². The van der Waals surface area contributed by atoms with Gasteiger partial charge in [0.15, 0.2) is 9.84 Å². The number of benzene rings is 2. The smallest absolute Gasteiger partial charge is 0.187 e. The van der Waals surface area contributed by atoms with Gasteiger partial charge in [-0.15, -0.1) is 11.8 Å². The lowest BCUT2D eigenvalue weighted by Crippen LogP contribution is -3.00. The van der Waals surface area contributed by atoms with Gasteiger partial charge in [0.2, 0.25) is 0 Å². The van der Waals surface area contributed by atoms with Gasteiger partial charge in [0, 0.05) is 5.41 Å². The molecule has 0 fully saturated rings. The van der Waals surface area contributed by atoms with Crippen LogP contribution in [0.5, 0.6) is 5.75 Å². The lowest BCUT2D eigenvalue weighted by Gasteiger charge is -2.44. The second kappa shape index (κ2) is 9.08. The van der Waals surface area contributed by atoms with E-state index in [1.165, 1.54) is 22.9 Å². The molecule has 1 aliphatic rings. The predicted octanol–water partition coefficient (Wildman–Crippen LogP) is 0.154. The van der Waals surface area contributed by atoms with E-state index in [1.54, 1.807) is 30.3 Å². The number of aromatic hydroxyl groups is 1. The van der Waals surface area contributed by atoms with Crippen LogP contribution in [0.3, 0.4) is 0 Å². The highest BCUT2D eigenvalue weighted by molar-refractivity contribution is 8.12. The van der Waals surface area contributed by atoms with Gasteiger partial charge in [-0.2, -0.15) is 0 Å². The molecule has 2 unspecified atom stereocenters. The molecule has 7 heteroatoms. The molecule has 0 heterocycles. The standard InChI is InChI=1S/C21H27NO3S2.ClH/c1-3-21(4-2)18-13-16(23)11-10-15(18)12-19(20(21)22)26-14-27(24,25)17-8-6-5-7-9-17;/h5-11,13,19-20,23H,3-4,12,14,22H2,1-2H3;1H. The lowest BCUT2D eigenvalue weighted by atomic mass is 9.63. The maximum atomic E-state index is 12.7. The first kappa shape index (κ1) is 23.1. The van der Waals surface area contributed by atoms with Crippen molar-refractivity contribution in [2.24, 2.45) is 0 Å². The molecule has 0 spiro atoms. The van der Waals surface area contributed by atoms with Gasteiger partial charge < -0.3 is 23.2 Å².